The zero-order valence-electron chi connectivity index (χ0n) is 19.2. The van der Waals surface area contributed by atoms with Crippen LogP contribution in [0.25, 0.3) is 10.6 Å². The van der Waals surface area contributed by atoms with Crippen LogP contribution in [0.4, 0.5) is 11.1 Å². The number of hydrogen-bond acceptors (Lipinski definition) is 10. The van der Waals surface area contributed by atoms with E-state index in [1.807, 2.05) is 24.7 Å². The molecule has 6 rings (SSSR count). The average molecular weight is 480 g/mol. The quantitative estimate of drug-likeness (QED) is 0.538. The number of rotatable bonds is 7. The van der Waals surface area contributed by atoms with Gasteiger partial charge in [-0.15, -0.1) is 0 Å². The summed E-state index contributed by atoms with van der Waals surface area (Å²) in [6.07, 6.45) is 15.1. The van der Waals surface area contributed by atoms with Gasteiger partial charge in [0.15, 0.2) is 5.13 Å². The topological polar surface area (TPSA) is 98.2 Å². The number of nitrogens with zero attached hydrogens (tertiary/aromatic N) is 6. The minimum Gasteiger partial charge on any atom is -0.460 e. The second-order valence-corrected chi connectivity index (χ2v) is 10.5. The van der Waals surface area contributed by atoms with Gasteiger partial charge in [0.2, 0.25) is 5.95 Å². The fourth-order valence-corrected chi connectivity index (χ4v) is 5.53. The maximum Gasteiger partial charge on any atom is 0.317 e. The van der Waals surface area contributed by atoms with Gasteiger partial charge in [-0.1, -0.05) is 11.3 Å². The van der Waals surface area contributed by atoms with Gasteiger partial charge in [-0.05, 0) is 50.0 Å². The molecule has 10 heteroatoms. The summed E-state index contributed by atoms with van der Waals surface area (Å²) in [7, 11) is 0. The van der Waals surface area contributed by atoms with Crippen LogP contribution in [0.3, 0.4) is 0 Å². The molecule has 2 saturated carbocycles. The molecule has 9 nitrogen and oxygen atoms in total. The molecule has 0 unspecified atom stereocenters. The van der Waals surface area contributed by atoms with E-state index in [0.29, 0.717) is 17.4 Å². The van der Waals surface area contributed by atoms with E-state index in [0.717, 1.165) is 67.0 Å². The summed E-state index contributed by atoms with van der Waals surface area (Å²) >= 11 is 1.51. The first-order valence-electron chi connectivity index (χ1n) is 12.1. The summed E-state index contributed by atoms with van der Waals surface area (Å²) in [5.74, 6) is 0.532. The summed E-state index contributed by atoms with van der Waals surface area (Å²) in [5.41, 5.74) is 2.55. The molecule has 1 aliphatic heterocycles. The van der Waals surface area contributed by atoms with Gasteiger partial charge in [-0.2, -0.15) is 4.98 Å². The van der Waals surface area contributed by atoms with Gasteiger partial charge >= 0.3 is 6.01 Å². The molecule has 3 fully saturated rings. The lowest BCUT2D eigenvalue weighted by molar-refractivity contribution is 0.0341. The second-order valence-electron chi connectivity index (χ2n) is 9.50. The largest absolute Gasteiger partial charge is 0.460 e. The Morgan fingerprint density at radius 2 is 1.82 bits per heavy atom. The molecule has 1 N–H and O–H groups in total. The highest BCUT2D eigenvalue weighted by Crippen LogP contribution is 2.56. The number of aromatic nitrogens is 5. The Bertz CT molecular complexity index is 1100. The SMILES string of the molecule is c1cc(-c2cnc(Nc3ncc(CN4CCOCC4)cn3)s2)nc(OC2CCC3(CC2)CC3)n1. The highest BCUT2D eigenvalue weighted by Gasteiger charge is 2.45. The van der Waals surface area contributed by atoms with E-state index in [9.17, 15) is 0 Å². The van der Waals surface area contributed by atoms with E-state index in [2.05, 4.69) is 35.1 Å². The summed E-state index contributed by atoms with van der Waals surface area (Å²) < 4.78 is 11.5. The van der Waals surface area contributed by atoms with Crippen LogP contribution >= 0.6 is 11.3 Å². The fraction of sp³-hybridized carbons (Fsp3) is 0.542. The van der Waals surface area contributed by atoms with Crippen molar-refractivity contribution in [3.63, 3.8) is 0 Å². The van der Waals surface area contributed by atoms with Crippen molar-refractivity contribution in [2.75, 3.05) is 31.6 Å². The monoisotopic (exact) mass is 479 g/mol. The van der Waals surface area contributed by atoms with Crippen molar-refractivity contribution >= 4 is 22.4 Å². The molecule has 0 aromatic carbocycles. The number of nitrogens with one attached hydrogen (secondary N) is 1. The van der Waals surface area contributed by atoms with Crippen molar-refractivity contribution in [2.45, 2.75) is 51.2 Å². The normalized spacial score (nSPS) is 20.4. The molecule has 3 aromatic heterocycles. The van der Waals surface area contributed by atoms with Crippen LogP contribution in [0.2, 0.25) is 0 Å². The summed E-state index contributed by atoms with van der Waals surface area (Å²) in [5, 5.41) is 3.92. The smallest absolute Gasteiger partial charge is 0.317 e. The second kappa shape index (κ2) is 9.52. The van der Waals surface area contributed by atoms with Crippen LogP contribution in [0.1, 0.15) is 44.1 Å². The van der Waals surface area contributed by atoms with Gasteiger partial charge in [0, 0.05) is 50.0 Å². The fourth-order valence-electron chi connectivity index (χ4n) is 4.75. The molecular formula is C24H29N7O2S. The third-order valence-electron chi connectivity index (χ3n) is 7.05. The zero-order chi connectivity index (χ0) is 22.8. The third kappa shape index (κ3) is 5.18. The van der Waals surface area contributed by atoms with Crippen LogP contribution in [0.5, 0.6) is 6.01 Å². The first-order valence-corrected chi connectivity index (χ1v) is 12.9. The molecular weight excluding hydrogens is 450 g/mol. The highest BCUT2D eigenvalue weighted by molar-refractivity contribution is 7.18. The Labute approximate surface area is 203 Å². The van der Waals surface area contributed by atoms with Crippen LogP contribution in [0.15, 0.2) is 30.9 Å². The number of thiazole rings is 1. The summed E-state index contributed by atoms with van der Waals surface area (Å²) in [6.45, 7) is 4.30. The predicted octanol–water partition coefficient (Wildman–Crippen LogP) is 4.07. The number of hydrogen-bond donors (Lipinski definition) is 1. The van der Waals surface area contributed by atoms with E-state index in [1.165, 1.54) is 37.0 Å². The van der Waals surface area contributed by atoms with Crippen LogP contribution in [-0.2, 0) is 11.3 Å². The van der Waals surface area contributed by atoms with E-state index in [4.69, 9.17) is 9.47 Å². The highest BCUT2D eigenvalue weighted by atomic mass is 32.1. The predicted molar refractivity (Wildman–Crippen MR) is 129 cm³/mol. The molecule has 0 atom stereocenters. The molecule has 1 saturated heterocycles. The Balaban J connectivity index is 1.06. The number of ether oxygens (including phenoxy) is 2. The van der Waals surface area contributed by atoms with E-state index in [-0.39, 0.29) is 6.10 Å². The number of anilines is 2. The molecule has 34 heavy (non-hydrogen) atoms. The van der Waals surface area contributed by atoms with Crippen LogP contribution in [-0.4, -0.2) is 62.2 Å². The van der Waals surface area contributed by atoms with Crippen molar-refractivity contribution in [3.05, 3.63) is 36.4 Å². The lowest BCUT2D eigenvalue weighted by atomic mass is 9.85. The lowest BCUT2D eigenvalue weighted by Crippen LogP contribution is -2.35. The van der Waals surface area contributed by atoms with Gasteiger partial charge in [0.05, 0.1) is 23.8 Å². The molecule has 0 bridgehead atoms. The average Bonchev–Trinajstić information content (AvgIpc) is 3.47. The molecule has 0 amide bonds. The van der Waals surface area contributed by atoms with E-state index < -0.39 is 0 Å². The van der Waals surface area contributed by atoms with Crippen molar-refractivity contribution in [1.29, 1.82) is 0 Å². The summed E-state index contributed by atoms with van der Waals surface area (Å²) in [6, 6.07) is 2.34. The molecule has 4 heterocycles. The Kier molecular flexibility index (Phi) is 6.11. The molecule has 1 spiro atoms. The van der Waals surface area contributed by atoms with Gasteiger partial charge < -0.3 is 14.8 Å². The van der Waals surface area contributed by atoms with Crippen LogP contribution in [0, 0.1) is 5.41 Å². The molecule has 178 valence electrons. The number of morpholine rings is 1. The van der Waals surface area contributed by atoms with Crippen molar-refractivity contribution < 1.29 is 9.47 Å². The Morgan fingerprint density at radius 3 is 2.59 bits per heavy atom. The van der Waals surface area contributed by atoms with E-state index in [1.54, 1.807) is 6.20 Å². The Morgan fingerprint density at radius 1 is 1.03 bits per heavy atom. The van der Waals surface area contributed by atoms with Crippen molar-refractivity contribution in [3.8, 4) is 16.6 Å². The van der Waals surface area contributed by atoms with Gasteiger partial charge in [-0.25, -0.2) is 19.9 Å². The van der Waals surface area contributed by atoms with Crippen molar-refractivity contribution in [2.24, 2.45) is 5.41 Å². The maximum absolute atomic E-state index is 6.12. The first-order chi connectivity index (χ1) is 16.7. The Hall–Kier alpha value is -2.69. The molecule has 3 aromatic rings. The third-order valence-corrected chi connectivity index (χ3v) is 7.98. The van der Waals surface area contributed by atoms with E-state index >= 15 is 0 Å². The maximum atomic E-state index is 6.12. The van der Waals surface area contributed by atoms with Gasteiger partial charge in [-0.3, -0.25) is 4.90 Å². The minimum atomic E-state index is 0.225. The molecule has 2 aliphatic carbocycles. The standard InChI is InChI=1S/C24H29N7O2S/c1-4-24(6-7-24)5-2-18(1)33-22-25-8-3-19(29-22)20-15-28-23(34-20)30-21-26-13-17(14-27-21)16-31-9-11-32-12-10-31/h3,8,13-15,18H,1-2,4-7,9-12,16H2,(H,26,27,28,30). The first kappa shape index (κ1) is 21.8. The summed E-state index contributed by atoms with van der Waals surface area (Å²) in [4.78, 5) is 25.7. The molecule has 3 aliphatic rings. The molecule has 0 radical (unpaired) electrons. The van der Waals surface area contributed by atoms with Gasteiger partial charge in [0.1, 0.15) is 6.10 Å². The minimum absolute atomic E-state index is 0.225. The lowest BCUT2D eigenvalue weighted by Gasteiger charge is -2.28. The zero-order valence-corrected chi connectivity index (χ0v) is 20.0. The van der Waals surface area contributed by atoms with Gasteiger partial charge in [0.25, 0.3) is 0 Å². The van der Waals surface area contributed by atoms with Crippen LogP contribution < -0.4 is 10.1 Å². The van der Waals surface area contributed by atoms with Crippen molar-refractivity contribution in [1.82, 2.24) is 29.8 Å².